The van der Waals surface area contributed by atoms with Crippen LogP contribution in [-0.2, 0) is 13.0 Å². The summed E-state index contributed by atoms with van der Waals surface area (Å²) in [7, 11) is 0. The van der Waals surface area contributed by atoms with Gasteiger partial charge in [-0.2, -0.15) is 4.39 Å². The fraction of sp³-hybridized carbons (Fsp3) is 0.348. The summed E-state index contributed by atoms with van der Waals surface area (Å²) >= 11 is 0. The van der Waals surface area contributed by atoms with Crippen molar-refractivity contribution in [2.45, 2.75) is 37.6 Å². The van der Waals surface area contributed by atoms with Crippen molar-refractivity contribution < 1.29 is 9.18 Å². The average Bonchev–Trinajstić information content (AvgIpc) is 3.41. The molecule has 29 heavy (non-hydrogen) atoms. The molecule has 3 aromatic rings. The fourth-order valence-electron chi connectivity index (χ4n) is 4.54. The number of rotatable bonds is 3. The van der Waals surface area contributed by atoms with Crippen molar-refractivity contribution >= 4 is 5.91 Å². The van der Waals surface area contributed by atoms with E-state index >= 15 is 0 Å². The first-order valence-electron chi connectivity index (χ1n) is 10.2. The van der Waals surface area contributed by atoms with Gasteiger partial charge in [0.2, 0.25) is 5.95 Å². The lowest BCUT2D eigenvalue weighted by molar-refractivity contribution is 0.0785. The minimum absolute atomic E-state index is 0.00533. The second kappa shape index (κ2) is 7.43. The molecule has 4 heterocycles. The summed E-state index contributed by atoms with van der Waals surface area (Å²) in [4.78, 5) is 23.6. The van der Waals surface area contributed by atoms with Crippen molar-refractivity contribution in [3.63, 3.8) is 0 Å². The molecule has 0 N–H and O–H groups in total. The van der Waals surface area contributed by atoms with Gasteiger partial charge in [-0.3, -0.25) is 4.79 Å². The lowest BCUT2D eigenvalue weighted by Crippen LogP contribution is -2.28. The Hall–Kier alpha value is -3.02. The molecule has 0 spiro atoms. The van der Waals surface area contributed by atoms with Gasteiger partial charge < -0.3 is 9.47 Å². The zero-order valence-corrected chi connectivity index (χ0v) is 16.2. The molecule has 1 saturated heterocycles. The first-order valence-corrected chi connectivity index (χ1v) is 10.2. The van der Waals surface area contributed by atoms with Crippen LogP contribution in [0.1, 0.15) is 52.2 Å². The van der Waals surface area contributed by atoms with Crippen LogP contribution < -0.4 is 0 Å². The summed E-state index contributed by atoms with van der Waals surface area (Å²) in [5.41, 5.74) is 2.57. The highest BCUT2D eigenvalue weighted by atomic mass is 19.1. The topological polar surface area (TPSA) is 51.0 Å². The first-order chi connectivity index (χ1) is 14.2. The molecule has 148 valence electrons. The molecule has 1 fully saturated rings. The molecule has 2 aromatic heterocycles. The molecule has 6 heteroatoms. The molecular formula is C23H23FN4O. The fourth-order valence-corrected chi connectivity index (χ4v) is 4.54. The zero-order chi connectivity index (χ0) is 19.8. The van der Waals surface area contributed by atoms with E-state index in [1.54, 1.807) is 6.07 Å². The third-order valence-corrected chi connectivity index (χ3v) is 6.11. The number of benzene rings is 1. The molecule has 2 aliphatic rings. The van der Waals surface area contributed by atoms with Crippen LogP contribution in [0.2, 0.25) is 0 Å². The quantitative estimate of drug-likeness (QED) is 0.640. The number of nitrogens with zero attached hydrogens (tertiary/aromatic N) is 4. The number of amides is 1. The highest BCUT2D eigenvalue weighted by molar-refractivity contribution is 5.92. The van der Waals surface area contributed by atoms with Crippen LogP contribution in [0.3, 0.4) is 0 Å². The Bertz CT molecular complexity index is 1030. The number of carbonyl (C=O) groups excluding carboxylic acids is 1. The summed E-state index contributed by atoms with van der Waals surface area (Å²) < 4.78 is 15.5. The van der Waals surface area contributed by atoms with Gasteiger partial charge in [-0.05, 0) is 30.5 Å². The van der Waals surface area contributed by atoms with Gasteiger partial charge in [0, 0.05) is 49.8 Å². The van der Waals surface area contributed by atoms with Crippen molar-refractivity contribution in [1.29, 1.82) is 0 Å². The van der Waals surface area contributed by atoms with E-state index in [0.717, 1.165) is 43.9 Å². The predicted molar refractivity (Wildman–Crippen MR) is 107 cm³/mol. The molecule has 0 radical (unpaired) electrons. The van der Waals surface area contributed by atoms with E-state index in [-0.39, 0.29) is 11.8 Å². The summed E-state index contributed by atoms with van der Waals surface area (Å²) in [5, 5.41) is 0. The summed E-state index contributed by atoms with van der Waals surface area (Å²) in [5.74, 6) is 1.02. The number of aromatic nitrogens is 3. The minimum Gasteiger partial charge on any atom is -0.337 e. The molecule has 5 rings (SSSR count). The van der Waals surface area contributed by atoms with Crippen LogP contribution in [0.25, 0.3) is 0 Å². The van der Waals surface area contributed by atoms with E-state index in [9.17, 15) is 9.18 Å². The molecule has 1 aromatic carbocycles. The number of hydrogen-bond donors (Lipinski definition) is 0. The van der Waals surface area contributed by atoms with E-state index in [1.807, 2.05) is 39.9 Å². The van der Waals surface area contributed by atoms with Crippen molar-refractivity contribution in [2.24, 2.45) is 0 Å². The summed E-state index contributed by atoms with van der Waals surface area (Å²) in [6, 6.07) is 15.3. The van der Waals surface area contributed by atoms with E-state index < -0.39 is 5.95 Å². The van der Waals surface area contributed by atoms with Crippen molar-refractivity contribution in [1.82, 2.24) is 19.4 Å². The first kappa shape index (κ1) is 18.0. The van der Waals surface area contributed by atoms with Gasteiger partial charge in [0.25, 0.3) is 5.91 Å². The molecule has 0 saturated carbocycles. The molecular weight excluding hydrogens is 367 g/mol. The van der Waals surface area contributed by atoms with Gasteiger partial charge in [-0.25, -0.2) is 9.97 Å². The van der Waals surface area contributed by atoms with E-state index in [2.05, 4.69) is 22.1 Å². The Labute approximate surface area is 169 Å². The SMILES string of the molecule is O=C(c1cn2c(n1)CCC(c1cccc(F)n1)C2)N1CCC(c2ccccc2)C1. The number of likely N-dealkylation sites (tertiary alicyclic amines) is 1. The second-order valence-corrected chi connectivity index (χ2v) is 7.96. The van der Waals surface area contributed by atoms with Crippen LogP contribution in [0.5, 0.6) is 0 Å². The van der Waals surface area contributed by atoms with Gasteiger partial charge in [0.05, 0.1) is 0 Å². The Morgan fingerprint density at radius 1 is 0.966 bits per heavy atom. The third-order valence-electron chi connectivity index (χ3n) is 6.11. The van der Waals surface area contributed by atoms with E-state index in [4.69, 9.17) is 0 Å². The number of hydrogen-bond acceptors (Lipinski definition) is 3. The summed E-state index contributed by atoms with van der Waals surface area (Å²) in [6.07, 6.45) is 4.47. The number of carbonyl (C=O) groups is 1. The smallest absolute Gasteiger partial charge is 0.274 e. The highest BCUT2D eigenvalue weighted by Crippen LogP contribution is 2.30. The van der Waals surface area contributed by atoms with Gasteiger partial charge in [-0.15, -0.1) is 0 Å². The minimum atomic E-state index is -0.447. The van der Waals surface area contributed by atoms with Crippen LogP contribution in [0.4, 0.5) is 4.39 Å². The van der Waals surface area contributed by atoms with Crippen molar-refractivity contribution in [3.8, 4) is 0 Å². The number of aryl methyl sites for hydroxylation is 1. The monoisotopic (exact) mass is 390 g/mol. The Balaban J connectivity index is 1.29. The number of pyridine rings is 1. The maximum absolute atomic E-state index is 13.5. The van der Waals surface area contributed by atoms with Crippen LogP contribution >= 0.6 is 0 Å². The van der Waals surface area contributed by atoms with Crippen LogP contribution in [0, 0.1) is 5.95 Å². The zero-order valence-electron chi connectivity index (χ0n) is 16.2. The Morgan fingerprint density at radius 3 is 2.66 bits per heavy atom. The Morgan fingerprint density at radius 2 is 1.83 bits per heavy atom. The maximum Gasteiger partial charge on any atom is 0.274 e. The largest absolute Gasteiger partial charge is 0.337 e. The molecule has 2 aliphatic heterocycles. The lowest BCUT2D eigenvalue weighted by atomic mass is 9.95. The molecule has 0 bridgehead atoms. The molecule has 2 atom stereocenters. The van der Waals surface area contributed by atoms with Gasteiger partial charge in [0.15, 0.2) is 0 Å². The standard InChI is InChI=1S/C23H23FN4O/c24-21-8-4-7-19(25-21)18-9-10-22-26-20(15-28(22)14-18)23(29)27-12-11-17(13-27)16-5-2-1-3-6-16/h1-8,15,17-18H,9-14H2. The molecule has 2 unspecified atom stereocenters. The van der Waals surface area contributed by atoms with Gasteiger partial charge in [0.1, 0.15) is 11.5 Å². The molecule has 0 aliphatic carbocycles. The average molecular weight is 390 g/mol. The predicted octanol–water partition coefficient (Wildman–Crippen LogP) is 3.78. The van der Waals surface area contributed by atoms with Crippen LogP contribution in [-0.4, -0.2) is 38.4 Å². The normalized spacial score (nSPS) is 21.2. The number of halogens is 1. The number of imidazole rings is 1. The Kier molecular flexibility index (Phi) is 4.62. The molecule has 5 nitrogen and oxygen atoms in total. The maximum atomic E-state index is 13.5. The van der Waals surface area contributed by atoms with Crippen LogP contribution in [0.15, 0.2) is 54.7 Å². The number of fused-ring (bicyclic) bond motifs is 1. The summed E-state index contributed by atoms with van der Waals surface area (Å²) in [6.45, 7) is 2.18. The van der Waals surface area contributed by atoms with E-state index in [0.29, 0.717) is 18.2 Å². The van der Waals surface area contributed by atoms with E-state index in [1.165, 1.54) is 11.6 Å². The second-order valence-electron chi connectivity index (χ2n) is 7.96. The van der Waals surface area contributed by atoms with Gasteiger partial charge in [-0.1, -0.05) is 36.4 Å². The van der Waals surface area contributed by atoms with Crippen molar-refractivity contribution in [2.75, 3.05) is 13.1 Å². The van der Waals surface area contributed by atoms with Crippen molar-refractivity contribution in [3.05, 3.63) is 83.5 Å². The highest BCUT2D eigenvalue weighted by Gasteiger charge is 2.31. The third kappa shape index (κ3) is 3.55. The lowest BCUT2D eigenvalue weighted by Gasteiger charge is -2.23. The van der Waals surface area contributed by atoms with Gasteiger partial charge >= 0.3 is 0 Å². The molecule has 1 amide bonds.